The molecule has 2 fully saturated rings. The first-order chi connectivity index (χ1) is 17.8. The molecule has 3 aromatic carbocycles. The Labute approximate surface area is 223 Å². The first-order valence-electron chi connectivity index (χ1n) is 13.0. The number of halogens is 2. The summed E-state index contributed by atoms with van der Waals surface area (Å²) in [5.41, 5.74) is 10.5. The number of benzene rings is 3. The van der Waals surface area contributed by atoms with E-state index in [4.69, 9.17) is 17.3 Å². The fraction of sp³-hybridized carbons (Fsp3) is 0.367. The van der Waals surface area contributed by atoms with Gasteiger partial charge in [0.25, 0.3) is 0 Å². The maximum Gasteiger partial charge on any atom is 0.321 e. The first-order valence-corrected chi connectivity index (χ1v) is 13.4. The Morgan fingerprint density at radius 2 is 1.81 bits per heavy atom. The van der Waals surface area contributed by atoms with Gasteiger partial charge in [-0.1, -0.05) is 48.0 Å². The van der Waals surface area contributed by atoms with Crippen molar-refractivity contribution in [2.45, 2.75) is 31.1 Å². The van der Waals surface area contributed by atoms with Crippen LogP contribution in [0.3, 0.4) is 0 Å². The summed E-state index contributed by atoms with van der Waals surface area (Å²) in [6, 6.07) is 20.6. The summed E-state index contributed by atoms with van der Waals surface area (Å²) in [7, 11) is 1.82. The average Bonchev–Trinajstić information content (AvgIpc) is 3.72. The van der Waals surface area contributed by atoms with Gasteiger partial charge in [-0.15, -0.1) is 0 Å². The zero-order valence-electron chi connectivity index (χ0n) is 21.2. The maximum absolute atomic E-state index is 13.5. The topological polar surface area (TPSA) is 61.6 Å². The molecule has 1 heterocycles. The van der Waals surface area contributed by atoms with Crippen molar-refractivity contribution >= 4 is 29.0 Å². The van der Waals surface area contributed by atoms with E-state index in [0.717, 1.165) is 48.7 Å². The van der Waals surface area contributed by atoms with E-state index in [1.54, 1.807) is 4.90 Å². The van der Waals surface area contributed by atoms with Crippen molar-refractivity contribution in [3.8, 4) is 11.1 Å². The Bertz CT molecular complexity index is 1250. The molecule has 0 aromatic heterocycles. The van der Waals surface area contributed by atoms with Crippen molar-refractivity contribution in [1.82, 2.24) is 9.80 Å². The van der Waals surface area contributed by atoms with Crippen LogP contribution in [-0.2, 0) is 5.41 Å². The number of nitrogen functional groups attached to an aromatic ring is 1. The molecule has 0 spiro atoms. The van der Waals surface area contributed by atoms with Crippen LogP contribution in [0, 0.1) is 11.7 Å². The Morgan fingerprint density at radius 3 is 2.46 bits per heavy atom. The van der Waals surface area contributed by atoms with E-state index in [1.165, 1.54) is 43.1 Å². The summed E-state index contributed by atoms with van der Waals surface area (Å²) in [6.45, 7) is 3.82. The van der Waals surface area contributed by atoms with Crippen LogP contribution in [0.2, 0.25) is 5.02 Å². The molecule has 1 saturated carbocycles. The third-order valence-electron chi connectivity index (χ3n) is 7.80. The number of carbonyl (C=O) groups is 1. The Morgan fingerprint density at radius 1 is 1.08 bits per heavy atom. The number of likely N-dealkylation sites (tertiary alicyclic amines) is 1. The highest BCUT2D eigenvalue weighted by atomic mass is 35.5. The number of nitrogens with zero attached hydrogens (tertiary/aromatic N) is 2. The standard InChI is InChI=1S/C30H34ClFN4O/c1-35(29(37)34-26-11-12-28(32)27(31)18-26)20-30(13-15-36(16-14-30)19-21-5-6-21)24-9-7-22(8-10-24)23-3-2-4-25(33)17-23/h2-4,7-12,17-18,21H,5-6,13-16,19-20,33H2,1H3,(H,34,37). The highest BCUT2D eigenvalue weighted by Gasteiger charge is 2.39. The molecule has 1 aliphatic carbocycles. The normalized spacial score (nSPS) is 17.4. The third kappa shape index (κ3) is 6.08. The Kier molecular flexibility index (Phi) is 7.40. The van der Waals surface area contributed by atoms with E-state index >= 15 is 0 Å². The quantitative estimate of drug-likeness (QED) is 0.343. The predicted molar refractivity (Wildman–Crippen MR) is 149 cm³/mol. The van der Waals surface area contributed by atoms with Gasteiger partial charge in [0.05, 0.1) is 5.02 Å². The lowest BCUT2D eigenvalue weighted by molar-refractivity contribution is 0.129. The SMILES string of the molecule is CN(CC1(c2ccc(-c3cccc(N)c3)cc2)CCN(CC2CC2)CC1)C(=O)Nc1ccc(F)c(Cl)c1. The zero-order chi connectivity index (χ0) is 26.0. The summed E-state index contributed by atoms with van der Waals surface area (Å²) in [5, 5.41) is 2.85. The molecule has 1 aliphatic heterocycles. The summed E-state index contributed by atoms with van der Waals surface area (Å²) in [4.78, 5) is 17.4. The van der Waals surface area contributed by atoms with Gasteiger partial charge in [-0.05, 0) is 91.7 Å². The lowest BCUT2D eigenvalue weighted by Gasteiger charge is -2.44. The van der Waals surface area contributed by atoms with Gasteiger partial charge in [-0.2, -0.15) is 0 Å². The van der Waals surface area contributed by atoms with Gasteiger partial charge in [0, 0.05) is 36.9 Å². The van der Waals surface area contributed by atoms with Crippen LogP contribution < -0.4 is 11.1 Å². The van der Waals surface area contributed by atoms with Crippen LogP contribution >= 0.6 is 11.6 Å². The molecule has 1 saturated heterocycles. The van der Waals surface area contributed by atoms with Gasteiger partial charge >= 0.3 is 6.03 Å². The molecule has 2 amide bonds. The fourth-order valence-electron chi connectivity index (χ4n) is 5.42. The van der Waals surface area contributed by atoms with Crippen molar-refractivity contribution < 1.29 is 9.18 Å². The van der Waals surface area contributed by atoms with Gasteiger partial charge in [0.1, 0.15) is 5.82 Å². The second kappa shape index (κ2) is 10.7. The van der Waals surface area contributed by atoms with Crippen molar-refractivity contribution in [2.75, 3.05) is 44.3 Å². The fourth-order valence-corrected chi connectivity index (χ4v) is 5.60. The Balaban J connectivity index is 1.35. The van der Waals surface area contributed by atoms with E-state index in [9.17, 15) is 9.18 Å². The predicted octanol–water partition coefficient (Wildman–Crippen LogP) is 6.64. The lowest BCUT2D eigenvalue weighted by atomic mass is 9.72. The largest absolute Gasteiger partial charge is 0.399 e. The monoisotopic (exact) mass is 520 g/mol. The minimum Gasteiger partial charge on any atom is -0.399 e. The van der Waals surface area contributed by atoms with Crippen molar-refractivity contribution in [2.24, 2.45) is 5.92 Å². The minimum absolute atomic E-state index is 0.0137. The highest BCUT2D eigenvalue weighted by Crippen LogP contribution is 2.39. The van der Waals surface area contributed by atoms with Crippen molar-refractivity contribution in [3.63, 3.8) is 0 Å². The Hall–Kier alpha value is -3.09. The second-order valence-electron chi connectivity index (χ2n) is 10.6. The summed E-state index contributed by atoms with van der Waals surface area (Å²) >= 11 is 5.90. The molecule has 7 heteroatoms. The van der Waals surface area contributed by atoms with E-state index in [-0.39, 0.29) is 16.5 Å². The molecule has 3 N–H and O–H groups in total. The molecular formula is C30H34ClFN4O. The number of nitrogens with one attached hydrogen (secondary N) is 1. The number of rotatable bonds is 7. The van der Waals surface area contributed by atoms with Crippen LogP contribution in [0.5, 0.6) is 0 Å². The molecule has 194 valence electrons. The van der Waals surface area contributed by atoms with Gasteiger partial charge in [0.2, 0.25) is 0 Å². The van der Waals surface area contributed by atoms with Crippen LogP contribution in [0.25, 0.3) is 11.1 Å². The molecular weight excluding hydrogens is 487 g/mol. The summed E-state index contributed by atoms with van der Waals surface area (Å²) in [5.74, 6) is 0.354. The zero-order valence-corrected chi connectivity index (χ0v) is 22.0. The van der Waals surface area contributed by atoms with Crippen molar-refractivity contribution in [3.05, 3.63) is 83.1 Å². The number of carbonyl (C=O) groups excluding carboxylic acids is 1. The van der Waals surface area contributed by atoms with E-state index < -0.39 is 5.82 Å². The molecule has 5 rings (SSSR count). The molecule has 0 atom stereocenters. The summed E-state index contributed by atoms with van der Waals surface area (Å²) < 4.78 is 13.5. The molecule has 2 aliphatic rings. The average molecular weight is 521 g/mol. The number of hydrogen-bond acceptors (Lipinski definition) is 3. The van der Waals surface area contributed by atoms with Gasteiger partial charge in [-0.3, -0.25) is 0 Å². The summed E-state index contributed by atoms with van der Waals surface area (Å²) in [6.07, 6.45) is 4.67. The van der Waals surface area contributed by atoms with Gasteiger partial charge < -0.3 is 20.9 Å². The van der Waals surface area contributed by atoms with E-state index in [0.29, 0.717) is 12.2 Å². The van der Waals surface area contributed by atoms with Crippen LogP contribution in [0.15, 0.2) is 66.7 Å². The third-order valence-corrected chi connectivity index (χ3v) is 8.09. The second-order valence-corrected chi connectivity index (χ2v) is 11.0. The van der Waals surface area contributed by atoms with Crippen LogP contribution in [0.4, 0.5) is 20.6 Å². The smallest absolute Gasteiger partial charge is 0.321 e. The number of urea groups is 1. The van der Waals surface area contributed by atoms with Gasteiger partial charge in [0.15, 0.2) is 0 Å². The lowest BCUT2D eigenvalue weighted by Crippen LogP contribution is -2.50. The number of hydrogen-bond donors (Lipinski definition) is 2. The molecule has 0 bridgehead atoms. The number of likely N-dealkylation sites (N-methyl/N-ethyl adjacent to an activating group) is 1. The number of amides is 2. The van der Waals surface area contributed by atoms with Crippen LogP contribution in [-0.4, -0.2) is 49.1 Å². The molecule has 0 unspecified atom stereocenters. The minimum atomic E-state index is -0.508. The first kappa shape index (κ1) is 25.6. The molecule has 5 nitrogen and oxygen atoms in total. The number of piperidine rings is 1. The van der Waals surface area contributed by atoms with Crippen LogP contribution in [0.1, 0.15) is 31.2 Å². The maximum atomic E-state index is 13.5. The van der Waals surface area contributed by atoms with Crippen molar-refractivity contribution in [1.29, 1.82) is 0 Å². The van der Waals surface area contributed by atoms with Gasteiger partial charge in [-0.25, -0.2) is 9.18 Å². The number of anilines is 2. The molecule has 37 heavy (non-hydrogen) atoms. The molecule has 0 radical (unpaired) electrons. The molecule has 3 aromatic rings. The van der Waals surface area contributed by atoms with E-state index in [1.807, 2.05) is 25.2 Å². The van der Waals surface area contributed by atoms with E-state index in [2.05, 4.69) is 40.5 Å². The highest BCUT2D eigenvalue weighted by molar-refractivity contribution is 6.31. The number of nitrogens with two attached hydrogens (primary N) is 1.